The molecule has 0 N–H and O–H groups in total. The number of rotatable bonds is 0. The van der Waals surface area contributed by atoms with Gasteiger partial charge in [-0.1, -0.05) is 102 Å². The monoisotopic (exact) mass is 688 g/mol. The SMILES string of the molecule is Cc1c2oc3cc(C(C)(C)C)ccc3n3c2c2c4c1oc1cc(C(C)(C)C)ccc1n4-c1c4c(cc5ccccc15)Oc1cc5ccccc5c-3c1B42. The van der Waals surface area contributed by atoms with Crippen LogP contribution in [0.2, 0.25) is 0 Å². The maximum absolute atomic E-state index is 7.19. The van der Waals surface area contributed by atoms with Gasteiger partial charge >= 0.3 is 0 Å². The van der Waals surface area contributed by atoms with Crippen molar-refractivity contribution in [3.05, 3.63) is 114 Å². The summed E-state index contributed by atoms with van der Waals surface area (Å²) in [5.74, 6) is 1.80. The van der Waals surface area contributed by atoms with E-state index in [1.165, 1.54) is 38.3 Å². The molecule has 0 unspecified atom stereocenters. The molecular formula is C47H37BN2O3. The first-order chi connectivity index (χ1) is 25.5. The van der Waals surface area contributed by atoms with E-state index in [2.05, 4.69) is 155 Å². The normalized spacial score (nSPS) is 14.1. The van der Waals surface area contributed by atoms with Crippen LogP contribution in [0.15, 0.2) is 106 Å². The predicted octanol–water partition coefficient (Wildman–Crippen LogP) is 10.6. The lowest BCUT2D eigenvalue weighted by molar-refractivity contribution is 0.488. The summed E-state index contributed by atoms with van der Waals surface area (Å²) in [6, 6.07) is 35.5. The standard InChI is InChI=1S/C47H37BN2O3/c1-24-44-42-39-43-45(24)53-34-23-28(47(5,6)7)17-19-32(34)50(43)41-30-15-11-9-13-26(30)21-36-38(41)48(39)37-35(51-36)20-25-12-8-10-14-29(25)40(37)49(42)31-18-16-27(46(2,3)4)22-33(31)52-44/h8-23H,1-7H3. The summed E-state index contributed by atoms with van der Waals surface area (Å²) in [6.45, 7) is 15.6. The van der Waals surface area contributed by atoms with Crippen molar-refractivity contribution in [2.75, 3.05) is 0 Å². The number of hydrogen-bond acceptors (Lipinski definition) is 3. The maximum atomic E-state index is 7.19. The summed E-state index contributed by atoms with van der Waals surface area (Å²) < 4.78 is 26.5. The first-order valence-corrected chi connectivity index (χ1v) is 18.7. The number of hydrogen-bond donors (Lipinski definition) is 0. The second-order valence-electron chi connectivity index (χ2n) is 17.4. The molecular weight excluding hydrogens is 651 g/mol. The Morgan fingerprint density at radius 3 is 1.43 bits per heavy atom. The van der Waals surface area contributed by atoms with E-state index in [4.69, 9.17) is 13.6 Å². The quantitative estimate of drug-likeness (QED) is 0.118. The lowest BCUT2D eigenvalue weighted by Gasteiger charge is -2.40. The van der Waals surface area contributed by atoms with Crippen LogP contribution in [0.25, 0.3) is 77.3 Å². The molecule has 0 aliphatic carbocycles. The van der Waals surface area contributed by atoms with E-state index >= 15 is 0 Å². The molecule has 0 saturated heterocycles. The maximum Gasteiger partial charge on any atom is 0.262 e. The Morgan fingerprint density at radius 1 is 0.528 bits per heavy atom. The highest BCUT2D eigenvalue weighted by atomic mass is 16.5. The van der Waals surface area contributed by atoms with Crippen LogP contribution in [-0.2, 0) is 10.8 Å². The van der Waals surface area contributed by atoms with E-state index in [1.54, 1.807) is 0 Å². The van der Waals surface area contributed by atoms with Gasteiger partial charge in [0.05, 0.1) is 33.4 Å². The number of nitrogens with zero attached hydrogens (tertiary/aromatic N) is 2. The minimum Gasteiger partial charge on any atom is -0.458 e. The molecule has 0 amide bonds. The highest BCUT2D eigenvalue weighted by Gasteiger charge is 2.48. The molecule has 3 aliphatic heterocycles. The second kappa shape index (κ2) is 9.37. The molecule has 0 spiro atoms. The van der Waals surface area contributed by atoms with Gasteiger partial charge in [-0.25, -0.2) is 0 Å². The summed E-state index contributed by atoms with van der Waals surface area (Å²) in [5, 5.41) is 4.68. The summed E-state index contributed by atoms with van der Waals surface area (Å²) >= 11 is 0. The van der Waals surface area contributed by atoms with Crippen LogP contribution in [0.1, 0.15) is 58.2 Å². The molecule has 256 valence electrons. The van der Waals surface area contributed by atoms with E-state index in [0.29, 0.717) is 0 Å². The third-order valence-corrected chi connectivity index (χ3v) is 12.2. The van der Waals surface area contributed by atoms with Gasteiger partial charge in [0.1, 0.15) is 11.5 Å². The Bertz CT molecular complexity index is 3030. The van der Waals surface area contributed by atoms with Crippen LogP contribution in [0, 0.1) is 6.92 Å². The minimum absolute atomic E-state index is 0.0457. The third kappa shape index (κ3) is 3.59. The van der Waals surface area contributed by atoms with Crippen molar-refractivity contribution in [3.63, 3.8) is 0 Å². The molecule has 12 rings (SSSR count). The average Bonchev–Trinajstić information content (AvgIpc) is 3.14. The zero-order valence-electron chi connectivity index (χ0n) is 30.9. The van der Waals surface area contributed by atoms with E-state index in [-0.39, 0.29) is 17.5 Å². The third-order valence-electron chi connectivity index (χ3n) is 12.2. The van der Waals surface area contributed by atoms with Crippen molar-refractivity contribution in [3.8, 4) is 22.9 Å². The fraction of sp³-hybridized carbons (Fsp3) is 0.191. The largest absolute Gasteiger partial charge is 0.458 e. The van der Waals surface area contributed by atoms with Crippen LogP contribution in [0.5, 0.6) is 11.5 Å². The van der Waals surface area contributed by atoms with Gasteiger partial charge in [0.25, 0.3) is 6.71 Å². The van der Waals surface area contributed by atoms with Crippen LogP contribution in [0.3, 0.4) is 0 Å². The molecule has 3 aliphatic rings. The van der Waals surface area contributed by atoms with Crippen molar-refractivity contribution in [2.45, 2.75) is 59.3 Å². The Hall–Kier alpha value is -5.88. The lowest BCUT2D eigenvalue weighted by Crippen LogP contribution is -2.62. The number of benzene rings is 7. The zero-order chi connectivity index (χ0) is 35.9. The number of ether oxygens (including phenoxy) is 1. The van der Waals surface area contributed by atoms with Crippen LogP contribution in [0.4, 0.5) is 0 Å². The van der Waals surface area contributed by atoms with Gasteiger partial charge in [-0.3, -0.25) is 0 Å². The lowest BCUT2D eigenvalue weighted by atomic mass is 9.33. The van der Waals surface area contributed by atoms with Gasteiger partial charge < -0.3 is 22.7 Å². The molecule has 6 heteroatoms. The number of aromatic nitrogens is 2. The molecule has 0 bridgehead atoms. The van der Waals surface area contributed by atoms with E-state index in [0.717, 1.165) is 83.6 Å². The molecule has 5 nitrogen and oxygen atoms in total. The van der Waals surface area contributed by atoms with Crippen molar-refractivity contribution in [1.29, 1.82) is 0 Å². The van der Waals surface area contributed by atoms with E-state index < -0.39 is 0 Å². The van der Waals surface area contributed by atoms with E-state index in [9.17, 15) is 0 Å². The summed E-state index contributed by atoms with van der Waals surface area (Å²) in [5.41, 5.74) is 16.9. The molecule has 9 aromatic rings. The fourth-order valence-corrected chi connectivity index (χ4v) is 9.60. The van der Waals surface area contributed by atoms with E-state index in [1.807, 2.05) is 0 Å². The second-order valence-corrected chi connectivity index (χ2v) is 17.4. The molecule has 53 heavy (non-hydrogen) atoms. The average molecular weight is 689 g/mol. The molecule has 5 heterocycles. The smallest absolute Gasteiger partial charge is 0.262 e. The minimum atomic E-state index is -0.0958. The number of fused-ring (bicyclic) bond motifs is 10. The molecule has 0 saturated carbocycles. The van der Waals surface area contributed by atoms with Crippen molar-refractivity contribution >= 4 is 89.0 Å². The molecule has 0 radical (unpaired) electrons. The van der Waals surface area contributed by atoms with Gasteiger partial charge in [0.15, 0.2) is 22.3 Å². The molecule has 0 atom stereocenters. The van der Waals surface area contributed by atoms with Crippen LogP contribution in [-0.4, -0.2) is 15.8 Å². The van der Waals surface area contributed by atoms with Crippen molar-refractivity contribution in [2.24, 2.45) is 0 Å². The summed E-state index contributed by atoms with van der Waals surface area (Å²) in [4.78, 5) is 0. The first-order valence-electron chi connectivity index (χ1n) is 18.7. The Morgan fingerprint density at radius 2 is 0.981 bits per heavy atom. The van der Waals surface area contributed by atoms with Crippen molar-refractivity contribution < 1.29 is 13.6 Å². The number of aryl methyl sites for hydroxylation is 1. The van der Waals surface area contributed by atoms with Crippen LogP contribution >= 0.6 is 0 Å². The highest BCUT2D eigenvalue weighted by Crippen LogP contribution is 2.46. The van der Waals surface area contributed by atoms with Gasteiger partial charge in [0.2, 0.25) is 0 Å². The first kappa shape index (κ1) is 29.7. The summed E-state index contributed by atoms with van der Waals surface area (Å²) in [7, 11) is 0. The predicted molar refractivity (Wildman–Crippen MR) is 219 cm³/mol. The molecule has 7 aromatic carbocycles. The summed E-state index contributed by atoms with van der Waals surface area (Å²) in [6.07, 6.45) is 0. The van der Waals surface area contributed by atoms with Gasteiger partial charge in [-0.15, -0.1) is 0 Å². The molecule has 0 fully saturated rings. The van der Waals surface area contributed by atoms with Gasteiger partial charge in [-0.05, 0) is 92.4 Å². The fourth-order valence-electron chi connectivity index (χ4n) is 9.60. The topological polar surface area (TPSA) is 45.4 Å². The molecule has 2 aromatic heterocycles. The Balaban J connectivity index is 1.41. The zero-order valence-corrected chi connectivity index (χ0v) is 30.9. The Kier molecular flexibility index (Phi) is 5.25. The van der Waals surface area contributed by atoms with Gasteiger partial charge in [0, 0.05) is 16.3 Å². The van der Waals surface area contributed by atoms with Crippen molar-refractivity contribution in [1.82, 2.24) is 9.13 Å². The highest BCUT2D eigenvalue weighted by molar-refractivity contribution is 7.02. The Labute approximate surface area is 306 Å². The van der Waals surface area contributed by atoms with Gasteiger partial charge in [-0.2, -0.15) is 0 Å². The van der Waals surface area contributed by atoms with Crippen LogP contribution < -0.4 is 21.1 Å².